The lowest BCUT2D eigenvalue weighted by atomic mass is 9.99. The predicted octanol–water partition coefficient (Wildman–Crippen LogP) is 3.86. The van der Waals surface area contributed by atoms with Crippen LogP contribution in [0.3, 0.4) is 0 Å². The van der Waals surface area contributed by atoms with E-state index in [4.69, 9.17) is 9.72 Å². The molecule has 0 bridgehead atoms. The summed E-state index contributed by atoms with van der Waals surface area (Å²) in [7, 11) is -1.58. The van der Waals surface area contributed by atoms with Gasteiger partial charge in [0.1, 0.15) is 0 Å². The standard InChI is InChI=1S/C27H24N2O5S/c1-29(19-13-14-35(32,33)17-19)26(30)16-34-27(31)23-15-25(28-24-12-5-4-10-22(23)24)21-11-6-8-18-7-2-3-9-20(18)21/h2-12,15,19H,13-14,16-17H2,1H3. The van der Waals surface area contributed by atoms with Crippen LogP contribution in [0, 0.1) is 0 Å². The van der Waals surface area contributed by atoms with Crippen molar-refractivity contribution in [2.75, 3.05) is 25.2 Å². The first-order chi connectivity index (χ1) is 16.8. The number of hydrogen-bond donors (Lipinski definition) is 0. The average molecular weight is 489 g/mol. The van der Waals surface area contributed by atoms with E-state index < -0.39 is 34.4 Å². The van der Waals surface area contributed by atoms with Crippen LogP contribution in [0.25, 0.3) is 32.9 Å². The molecule has 5 rings (SSSR count). The number of ether oxygens (including phenoxy) is 1. The molecule has 0 spiro atoms. The van der Waals surface area contributed by atoms with Crippen LogP contribution in [0.4, 0.5) is 0 Å². The average Bonchev–Trinajstić information content (AvgIpc) is 3.25. The Morgan fingerprint density at radius 3 is 2.49 bits per heavy atom. The van der Waals surface area contributed by atoms with Crippen LogP contribution in [0.2, 0.25) is 0 Å². The summed E-state index contributed by atoms with van der Waals surface area (Å²) in [5.41, 5.74) is 2.48. The third-order valence-electron chi connectivity index (χ3n) is 6.48. The third kappa shape index (κ3) is 4.61. The summed E-state index contributed by atoms with van der Waals surface area (Å²) in [5, 5.41) is 2.70. The molecule has 1 aliphatic rings. The highest BCUT2D eigenvalue weighted by Crippen LogP contribution is 2.30. The maximum atomic E-state index is 13.1. The van der Waals surface area contributed by atoms with Crippen LogP contribution in [0.1, 0.15) is 16.8 Å². The molecular weight excluding hydrogens is 464 g/mol. The topological polar surface area (TPSA) is 93.6 Å². The molecule has 0 N–H and O–H groups in total. The zero-order valence-electron chi connectivity index (χ0n) is 19.2. The van der Waals surface area contributed by atoms with Crippen molar-refractivity contribution < 1.29 is 22.7 Å². The van der Waals surface area contributed by atoms with Gasteiger partial charge in [-0.15, -0.1) is 0 Å². The smallest absolute Gasteiger partial charge is 0.339 e. The van der Waals surface area contributed by atoms with Gasteiger partial charge in [-0.1, -0.05) is 60.7 Å². The van der Waals surface area contributed by atoms with Crippen molar-refractivity contribution in [1.82, 2.24) is 9.88 Å². The van der Waals surface area contributed by atoms with Crippen LogP contribution in [0.5, 0.6) is 0 Å². The van der Waals surface area contributed by atoms with Crippen LogP contribution >= 0.6 is 0 Å². The van der Waals surface area contributed by atoms with Gasteiger partial charge in [0.05, 0.1) is 28.3 Å². The van der Waals surface area contributed by atoms with Gasteiger partial charge in [-0.25, -0.2) is 18.2 Å². The summed E-state index contributed by atoms with van der Waals surface area (Å²) < 4.78 is 28.9. The SMILES string of the molecule is CN(C(=O)COC(=O)c1cc(-c2cccc3ccccc23)nc2ccccc12)C1CCS(=O)(=O)C1. The van der Waals surface area contributed by atoms with E-state index in [1.807, 2.05) is 60.7 Å². The molecule has 1 fully saturated rings. The van der Waals surface area contributed by atoms with E-state index in [9.17, 15) is 18.0 Å². The van der Waals surface area contributed by atoms with E-state index in [-0.39, 0.29) is 11.5 Å². The molecule has 0 saturated carbocycles. The summed E-state index contributed by atoms with van der Waals surface area (Å²) in [6, 6.07) is 22.5. The number of pyridine rings is 1. The number of fused-ring (bicyclic) bond motifs is 2. The molecule has 1 aromatic heterocycles. The zero-order chi connectivity index (χ0) is 24.6. The maximum Gasteiger partial charge on any atom is 0.339 e. The number of carbonyl (C=O) groups excluding carboxylic acids is 2. The quantitative estimate of drug-likeness (QED) is 0.396. The largest absolute Gasteiger partial charge is 0.452 e. The van der Waals surface area contributed by atoms with Gasteiger partial charge in [0.25, 0.3) is 5.91 Å². The van der Waals surface area contributed by atoms with E-state index in [0.717, 1.165) is 16.3 Å². The molecule has 2 heterocycles. The normalized spacial score (nSPS) is 16.9. The van der Waals surface area contributed by atoms with Crippen molar-refractivity contribution in [1.29, 1.82) is 0 Å². The summed E-state index contributed by atoms with van der Waals surface area (Å²) in [6.45, 7) is -0.466. The van der Waals surface area contributed by atoms with Crippen molar-refractivity contribution in [3.05, 3.63) is 78.4 Å². The molecule has 4 aromatic rings. The van der Waals surface area contributed by atoms with E-state index in [0.29, 0.717) is 28.6 Å². The van der Waals surface area contributed by atoms with Gasteiger partial charge in [0, 0.05) is 24.0 Å². The van der Waals surface area contributed by atoms with E-state index >= 15 is 0 Å². The summed E-state index contributed by atoms with van der Waals surface area (Å²) in [4.78, 5) is 31.9. The van der Waals surface area contributed by atoms with Crippen molar-refractivity contribution in [2.45, 2.75) is 12.5 Å². The fraction of sp³-hybridized carbons (Fsp3) is 0.222. The second-order valence-electron chi connectivity index (χ2n) is 8.74. The van der Waals surface area contributed by atoms with Gasteiger partial charge in [0.15, 0.2) is 16.4 Å². The number of carbonyl (C=O) groups is 2. The lowest BCUT2D eigenvalue weighted by molar-refractivity contribution is -0.134. The van der Waals surface area contributed by atoms with E-state index in [1.54, 1.807) is 19.2 Å². The molecule has 1 amide bonds. The Hall–Kier alpha value is -3.78. The van der Waals surface area contributed by atoms with Gasteiger partial charge >= 0.3 is 5.97 Å². The number of benzene rings is 3. The van der Waals surface area contributed by atoms with Gasteiger partial charge < -0.3 is 9.64 Å². The molecule has 0 aliphatic carbocycles. The van der Waals surface area contributed by atoms with Gasteiger partial charge in [-0.2, -0.15) is 0 Å². The van der Waals surface area contributed by atoms with E-state index in [1.165, 1.54) is 4.90 Å². The Bertz CT molecular complexity index is 1560. The third-order valence-corrected chi connectivity index (χ3v) is 8.23. The first-order valence-electron chi connectivity index (χ1n) is 11.3. The number of amides is 1. The number of likely N-dealkylation sites (N-methyl/N-ethyl adjacent to an activating group) is 1. The fourth-order valence-corrected chi connectivity index (χ4v) is 6.30. The van der Waals surface area contributed by atoms with Crippen molar-refractivity contribution >= 4 is 43.4 Å². The van der Waals surface area contributed by atoms with E-state index in [2.05, 4.69) is 0 Å². The molecule has 35 heavy (non-hydrogen) atoms. The second kappa shape index (κ2) is 9.11. The Balaban J connectivity index is 1.44. The fourth-order valence-electron chi connectivity index (χ4n) is 4.52. The minimum atomic E-state index is -3.13. The van der Waals surface area contributed by atoms with Crippen LogP contribution in [-0.2, 0) is 19.4 Å². The molecule has 178 valence electrons. The molecule has 1 unspecified atom stereocenters. The molecule has 1 aliphatic heterocycles. The Kier molecular flexibility index (Phi) is 5.98. The summed E-state index contributed by atoms with van der Waals surface area (Å²) >= 11 is 0. The van der Waals surface area contributed by atoms with Crippen LogP contribution < -0.4 is 0 Å². The Morgan fingerprint density at radius 1 is 1.00 bits per heavy atom. The minimum absolute atomic E-state index is 0.0629. The highest BCUT2D eigenvalue weighted by atomic mass is 32.2. The molecule has 7 nitrogen and oxygen atoms in total. The number of rotatable bonds is 5. The van der Waals surface area contributed by atoms with Crippen molar-refractivity contribution in [2.24, 2.45) is 0 Å². The molecule has 0 radical (unpaired) electrons. The monoisotopic (exact) mass is 488 g/mol. The molecule has 8 heteroatoms. The number of para-hydroxylation sites is 1. The van der Waals surface area contributed by atoms with Gasteiger partial charge in [0.2, 0.25) is 0 Å². The Labute approximate surface area is 203 Å². The summed E-state index contributed by atoms with van der Waals surface area (Å²) in [5.74, 6) is -1.07. The first-order valence-corrected chi connectivity index (χ1v) is 13.2. The second-order valence-corrected chi connectivity index (χ2v) is 11.0. The van der Waals surface area contributed by atoms with Crippen molar-refractivity contribution in [3.63, 3.8) is 0 Å². The number of esters is 1. The van der Waals surface area contributed by atoms with Crippen LogP contribution in [-0.4, -0.2) is 61.4 Å². The van der Waals surface area contributed by atoms with Crippen molar-refractivity contribution in [3.8, 4) is 11.3 Å². The molecule has 1 atom stereocenters. The number of aromatic nitrogens is 1. The lowest BCUT2D eigenvalue weighted by Gasteiger charge is -2.23. The zero-order valence-corrected chi connectivity index (χ0v) is 20.0. The van der Waals surface area contributed by atoms with Crippen LogP contribution in [0.15, 0.2) is 72.8 Å². The highest BCUT2D eigenvalue weighted by molar-refractivity contribution is 7.91. The maximum absolute atomic E-state index is 13.1. The minimum Gasteiger partial charge on any atom is -0.452 e. The van der Waals surface area contributed by atoms with Gasteiger partial charge in [-0.05, 0) is 29.3 Å². The number of sulfone groups is 1. The molecule has 1 saturated heterocycles. The number of hydrogen-bond acceptors (Lipinski definition) is 6. The molecule has 3 aromatic carbocycles. The van der Waals surface area contributed by atoms with Gasteiger partial charge in [-0.3, -0.25) is 4.79 Å². The number of nitrogens with zero attached hydrogens (tertiary/aromatic N) is 2. The Morgan fingerprint density at radius 2 is 1.71 bits per heavy atom. The predicted molar refractivity (Wildman–Crippen MR) is 135 cm³/mol. The highest BCUT2D eigenvalue weighted by Gasteiger charge is 2.33. The molecular formula is C27H24N2O5S. The lowest BCUT2D eigenvalue weighted by Crippen LogP contribution is -2.40. The first kappa shape index (κ1) is 23.0. The summed E-state index contributed by atoms with van der Waals surface area (Å²) in [6.07, 6.45) is 0.391.